The van der Waals surface area contributed by atoms with Crippen molar-refractivity contribution in [3.05, 3.63) is 101 Å². The number of nitrogens with one attached hydrogen (secondary N) is 6. The standard InChI is InChI=1S/C50H58N12O7/c1-31(2)39-28-57-62-46(39)59-50(69-35-8-6-17-51-27-35)60-49(62)56-26-33-7-3-4-9-36(33)45-37-13-12-34(25-32(37)16-18-54-45)52-19-21-67-23-24-68-22-20-53-44(64)29-55-41-11-5-10-38-40(41)30-61(48(38)66)42-14-15-43(63)58-47(42)65/h3-5,7,9-13,16,18,25,28,31,35,42,51-52,55H,6,8,14-15,17,19-24,26-27,29-30H2,1-2H3,(H,53,64)(H,56,59,60)(H,58,63,65)/t35-,42?/m1/s1. The van der Waals surface area contributed by atoms with Crippen molar-refractivity contribution in [1.29, 1.82) is 0 Å². The first kappa shape index (κ1) is 46.9. The van der Waals surface area contributed by atoms with Crippen molar-refractivity contribution in [3.8, 4) is 17.3 Å². The number of rotatable bonds is 21. The number of hydrogen-bond donors (Lipinski definition) is 6. The quantitative estimate of drug-likeness (QED) is 0.0427. The van der Waals surface area contributed by atoms with E-state index < -0.39 is 11.9 Å². The summed E-state index contributed by atoms with van der Waals surface area (Å²) < 4.78 is 19.5. The molecule has 2 atom stereocenters. The van der Waals surface area contributed by atoms with Crippen LogP contribution in [0.25, 0.3) is 27.7 Å². The first-order chi connectivity index (χ1) is 33.7. The zero-order valence-electron chi connectivity index (χ0n) is 38.9. The monoisotopic (exact) mass is 938 g/mol. The zero-order chi connectivity index (χ0) is 47.7. The maximum absolute atomic E-state index is 13.1. The lowest BCUT2D eigenvalue weighted by Gasteiger charge is -2.29. The van der Waals surface area contributed by atoms with Gasteiger partial charge in [-0.25, -0.2) is 0 Å². The van der Waals surface area contributed by atoms with E-state index >= 15 is 0 Å². The van der Waals surface area contributed by atoms with Crippen molar-refractivity contribution in [3.63, 3.8) is 0 Å². The van der Waals surface area contributed by atoms with Crippen LogP contribution in [0.5, 0.6) is 6.01 Å². The highest BCUT2D eigenvalue weighted by Gasteiger charge is 2.40. The highest BCUT2D eigenvalue weighted by molar-refractivity contribution is 6.06. The van der Waals surface area contributed by atoms with Gasteiger partial charge in [-0.3, -0.25) is 29.5 Å². The molecule has 6 N–H and O–H groups in total. The molecular weight excluding hydrogens is 881 g/mol. The highest BCUT2D eigenvalue weighted by atomic mass is 16.5. The van der Waals surface area contributed by atoms with Crippen LogP contribution >= 0.6 is 0 Å². The first-order valence-electron chi connectivity index (χ1n) is 23.7. The van der Waals surface area contributed by atoms with Gasteiger partial charge in [-0.15, -0.1) is 0 Å². The van der Waals surface area contributed by atoms with Crippen LogP contribution in [0.1, 0.15) is 72.5 Å². The van der Waals surface area contributed by atoms with Crippen LogP contribution in [0.4, 0.5) is 17.3 Å². The normalized spacial score (nSPS) is 17.0. The van der Waals surface area contributed by atoms with E-state index in [0.717, 1.165) is 76.0 Å². The van der Waals surface area contributed by atoms with Crippen LogP contribution in [0, 0.1) is 0 Å². The number of aromatic nitrogens is 5. The van der Waals surface area contributed by atoms with Crippen molar-refractivity contribution in [2.45, 2.75) is 70.7 Å². The molecular formula is C50H58N12O7. The second-order valence-electron chi connectivity index (χ2n) is 17.6. The van der Waals surface area contributed by atoms with Gasteiger partial charge in [0.05, 0.1) is 44.9 Å². The van der Waals surface area contributed by atoms with Gasteiger partial charge in [0.15, 0.2) is 5.65 Å². The Kier molecular flexibility index (Phi) is 14.8. The van der Waals surface area contributed by atoms with Gasteiger partial charge in [0.1, 0.15) is 12.1 Å². The first-order valence-corrected chi connectivity index (χ1v) is 23.7. The number of imide groups is 1. The third kappa shape index (κ3) is 11.1. The molecule has 6 aromatic rings. The molecule has 0 spiro atoms. The molecule has 9 rings (SSSR count). The summed E-state index contributed by atoms with van der Waals surface area (Å²) in [6, 6.07) is 21.4. The molecule has 19 heteroatoms. The van der Waals surface area contributed by atoms with E-state index in [1.54, 1.807) is 22.7 Å². The lowest BCUT2D eigenvalue weighted by molar-refractivity contribution is -0.137. The molecule has 0 radical (unpaired) electrons. The topological polar surface area (TPSA) is 227 Å². The fourth-order valence-electron chi connectivity index (χ4n) is 8.94. The molecule has 2 saturated heterocycles. The minimum Gasteiger partial charge on any atom is -0.459 e. The number of hydrogen-bond acceptors (Lipinski definition) is 15. The molecule has 0 saturated carbocycles. The van der Waals surface area contributed by atoms with Gasteiger partial charge >= 0.3 is 6.01 Å². The number of carbonyl (C=O) groups is 4. The number of fused-ring (bicyclic) bond motifs is 3. The van der Waals surface area contributed by atoms with Crippen LogP contribution in [0.2, 0.25) is 0 Å². The number of anilines is 3. The number of benzene rings is 3. The molecule has 1 unspecified atom stereocenters. The summed E-state index contributed by atoms with van der Waals surface area (Å²) >= 11 is 0. The molecule has 360 valence electrons. The SMILES string of the molecule is CC(C)c1cnn2c(NCc3ccccc3-c3nccc4cc(NCCOCCOCCNC(=O)CNc5cccc6c5CN(C5CCC(=O)NC5=O)C6=O)ccc34)nc(O[C@@H]3CCCNC3)nc12. The molecule has 2 fully saturated rings. The minimum atomic E-state index is -0.706. The second kappa shape index (κ2) is 21.8. The average molecular weight is 939 g/mol. The lowest BCUT2D eigenvalue weighted by atomic mass is 9.99. The number of ether oxygens (including phenoxy) is 3. The number of carbonyl (C=O) groups excluding carboxylic acids is 4. The van der Waals surface area contributed by atoms with Gasteiger partial charge in [0, 0.05) is 84.4 Å². The molecule has 4 amide bonds. The van der Waals surface area contributed by atoms with Gasteiger partial charge in [0.25, 0.3) is 5.91 Å². The summed E-state index contributed by atoms with van der Waals surface area (Å²) in [5.74, 6) is -0.508. The second-order valence-corrected chi connectivity index (χ2v) is 17.6. The Hall–Kier alpha value is -7.22. The summed E-state index contributed by atoms with van der Waals surface area (Å²) in [6.45, 7) is 9.21. The van der Waals surface area contributed by atoms with Gasteiger partial charge in [0.2, 0.25) is 23.7 Å². The van der Waals surface area contributed by atoms with E-state index in [1.807, 2.05) is 30.6 Å². The predicted octanol–water partition coefficient (Wildman–Crippen LogP) is 4.64. The van der Waals surface area contributed by atoms with Crippen LogP contribution < -0.4 is 36.6 Å². The van der Waals surface area contributed by atoms with Gasteiger partial charge in [-0.05, 0) is 73.0 Å². The van der Waals surface area contributed by atoms with Crippen molar-refractivity contribution in [1.82, 2.24) is 45.4 Å². The number of amides is 4. The summed E-state index contributed by atoms with van der Waals surface area (Å²) in [5, 5.41) is 25.4. The van der Waals surface area contributed by atoms with Crippen LogP contribution in [0.15, 0.2) is 79.1 Å². The van der Waals surface area contributed by atoms with E-state index in [-0.39, 0.29) is 55.7 Å². The van der Waals surface area contributed by atoms with E-state index in [9.17, 15) is 19.2 Å². The highest BCUT2D eigenvalue weighted by Crippen LogP contribution is 2.34. The van der Waals surface area contributed by atoms with E-state index in [2.05, 4.69) is 81.2 Å². The maximum Gasteiger partial charge on any atom is 0.322 e. The number of piperidine rings is 2. The van der Waals surface area contributed by atoms with Crippen molar-refractivity contribution >= 4 is 57.4 Å². The Morgan fingerprint density at radius 3 is 2.57 bits per heavy atom. The summed E-state index contributed by atoms with van der Waals surface area (Å²) in [4.78, 5) is 65.6. The van der Waals surface area contributed by atoms with E-state index in [0.29, 0.717) is 69.3 Å². The van der Waals surface area contributed by atoms with Crippen molar-refractivity contribution in [2.75, 3.05) is 75.1 Å². The fraction of sp³-hybridized carbons (Fsp3) is 0.400. The Morgan fingerprint density at radius 1 is 0.899 bits per heavy atom. The molecule has 3 aromatic carbocycles. The molecule has 3 aliphatic rings. The Labute approximate surface area is 399 Å². The van der Waals surface area contributed by atoms with Gasteiger partial charge in [-0.2, -0.15) is 19.6 Å². The minimum absolute atomic E-state index is 0.00214. The zero-order valence-corrected chi connectivity index (χ0v) is 38.9. The Morgan fingerprint density at radius 2 is 1.74 bits per heavy atom. The summed E-state index contributed by atoms with van der Waals surface area (Å²) in [5.41, 5.74) is 7.52. The Balaban J connectivity index is 0.703. The van der Waals surface area contributed by atoms with Crippen molar-refractivity contribution in [2.24, 2.45) is 0 Å². The van der Waals surface area contributed by atoms with Crippen LogP contribution in [0.3, 0.4) is 0 Å². The fourth-order valence-corrected chi connectivity index (χ4v) is 8.94. The smallest absolute Gasteiger partial charge is 0.322 e. The Bertz CT molecular complexity index is 2830. The lowest BCUT2D eigenvalue weighted by Crippen LogP contribution is -2.52. The van der Waals surface area contributed by atoms with Crippen molar-refractivity contribution < 1.29 is 33.4 Å². The number of pyridine rings is 1. The molecule has 3 aliphatic heterocycles. The van der Waals surface area contributed by atoms with Gasteiger partial charge in [-0.1, -0.05) is 50.2 Å². The van der Waals surface area contributed by atoms with Crippen LogP contribution in [-0.4, -0.2) is 124 Å². The summed E-state index contributed by atoms with van der Waals surface area (Å²) in [6.07, 6.45) is 6.17. The average Bonchev–Trinajstić information content (AvgIpc) is 3.94. The number of nitrogens with zero attached hydrogens (tertiary/aromatic N) is 6. The summed E-state index contributed by atoms with van der Waals surface area (Å²) in [7, 11) is 0. The maximum atomic E-state index is 13.1. The third-order valence-electron chi connectivity index (χ3n) is 12.5. The molecule has 19 nitrogen and oxygen atoms in total. The molecule has 69 heavy (non-hydrogen) atoms. The molecule has 3 aromatic heterocycles. The largest absolute Gasteiger partial charge is 0.459 e. The third-order valence-corrected chi connectivity index (χ3v) is 12.5. The predicted molar refractivity (Wildman–Crippen MR) is 260 cm³/mol. The van der Waals surface area contributed by atoms with E-state index in [1.165, 1.54) is 4.90 Å². The van der Waals surface area contributed by atoms with Crippen LogP contribution in [-0.2, 0) is 36.9 Å². The molecule has 0 aliphatic carbocycles. The molecule has 6 heterocycles. The van der Waals surface area contributed by atoms with Gasteiger partial charge < -0.3 is 45.7 Å². The van der Waals surface area contributed by atoms with E-state index in [4.69, 9.17) is 29.2 Å². The molecule has 0 bridgehead atoms.